The molecular formula is C25H25N3O3S. The molecule has 0 aromatic heterocycles. The molecule has 3 aromatic carbocycles. The summed E-state index contributed by atoms with van der Waals surface area (Å²) < 4.78 is 26.9. The van der Waals surface area contributed by atoms with E-state index in [2.05, 4.69) is 16.1 Å². The minimum Gasteiger partial charge on any atom is -0.341 e. The van der Waals surface area contributed by atoms with Crippen molar-refractivity contribution >= 4 is 15.9 Å². The highest BCUT2D eigenvalue weighted by molar-refractivity contribution is 7.89. The van der Waals surface area contributed by atoms with Gasteiger partial charge < -0.3 is 5.32 Å². The van der Waals surface area contributed by atoms with Gasteiger partial charge in [0.2, 0.25) is 10.0 Å². The first kappa shape index (κ1) is 23.2. The van der Waals surface area contributed by atoms with Crippen LogP contribution in [0.4, 0.5) is 0 Å². The van der Waals surface area contributed by atoms with Crippen molar-refractivity contribution in [2.24, 2.45) is 0 Å². The lowest BCUT2D eigenvalue weighted by Gasteiger charge is -2.21. The standard InChI is InChI=1S/C25H25N3O3S/c1-18-9-10-22(17-19(18)2)24(20-7-4-3-5-8-20)28-25(29)21-11-13-23(14-12-21)32(30,31)27-16-6-15-26/h3-5,7-14,17,24,27H,6,16H2,1-2H3,(H,28,29)/t24-/m1/s1. The highest BCUT2D eigenvalue weighted by Crippen LogP contribution is 2.25. The van der Waals surface area contributed by atoms with Gasteiger partial charge in [0.1, 0.15) is 0 Å². The van der Waals surface area contributed by atoms with E-state index in [-0.39, 0.29) is 29.8 Å². The summed E-state index contributed by atoms with van der Waals surface area (Å²) in [4.78, 5) is 13.1. The number of sulfonamides is 1. The highest BCUT2D eigenvalue weighted by Gasteiger charge is 2.19. The molecule has 164 valence electrons. The lowest BCUT2D eigenvalue weighted by molar-refractivity contribution is 0.0943. The number of benzene rings is 3. The summed E-state index contributed by atoms with van der Waals surface area (Å²) in [6.07, 6.45) is 0.0824. The smallest absolute Gasteiger partial charge is 0.252 e. The Hall–Kier alpha value is -3.47. The summed E-state index contributed by atoms with van der Waals surface area (Å²) in [5.74, 6) is -0.307. The molecule has 3 aromatic rings. The minimum absolute atomic E-state index is 0.0375. The number of carbonyl (C=O) groups is 1. The van der Waals surface area contributed by atoms with E-state index in [1.54, 1.807) is 0 Å². The number of nitrogens with zero attached hydrogens (tertiary/aromatic N) is 1. The molecule has 2 N–H and O–H groups in total. The van der Waals surface area contributed by atoms with Crippen molar-refractivity contribution in [2.45, 2.75) is 31.2 Å². The molecule has 0 fully saturated rings. The van der Waals surface area contributed by atoms with E-state index in [9.17, 15) is 13.2 Å². The fraction of sp³-hybridized carbons (Fsp3) is 0.200. The van der Waals surface area contributed by atoms with E-state index < -0.39 is 10.0 Å². The average Bonchev–Trinajstić information content (AvgIpc) is 2.80. The van der Waals surface area contributed by atoms with E-state index in [4.69, 9.17) is 5.26 Å². The molecule has 0 heterocycles. The summed E-state index contributed by atoms with van der Waals surface area (Å²) in [5.41, 5.74) is 4.58. The summed E-state index contributed by atoms with van der Waals surface area (Å²) in [6.45, 7) is 4.11. The van der Waals surface area contributed by atoms with Crippen molar-refractivity contribution in [1.29, 1.82) is 5.26 Å². The Morgan fingerprint density at radius 1 is 0.938 bits per heavy atom. The molecule has 7 heteroatoms. The summed E-state index contributed by atoms with van der Waals surface area (Å²) in [7, 11) is -3.73. The van der Waals surface area contributed by atoms with Gasteiger partial charge in [-0.05, 0) is 60.4 Å². The Labute approximate surface area is 189 Å². The predicted molar refractivity (Wildman–Crippen MR) is 124 cm³/mol. The summed E-state index contributed by atoms with van der Waals surface area (Å²) in [5, 5.41) is 11.6. The van der Waals surface area contributed by atoms with Gasteiger partial charge in [0.15, 0.2) is 0 Å². The van der Waals surface area contributed by atoms with Crippen molar-refractivity contribution in [3.05, 3.63) is 101 Å². The maximum Gasteiger partial charge on any atom is 0.252 e. The molecule has 0 aliphatic carbocycles. The average molecular weight is 448 g/mol. The van der Waals surface area contributed by atoms with Crippen molar-refractivity contribution in [3.63, 3.8) is 0 Å². The van der Waals surface area contributed by atoms with Crippen LogP contribution in [0.2, 0.25) is 0 Å². The van der Waals surface area contributed by atoms with Gasteiger partial charge in [-0.3, -0.25) is 4.79 Å². The number of rotatable bonds is 8. The van der Waals surface area contributed by atoms with Crippen LogP contribution in [0.5, 0.6) is 0 Å². The van der Waals surface area contributed by atoms with Crippen LogP contribution >= 0.6 is 0 Å². The Morgan fingerprint density at radius 2 is 1.62 bits per heavy atom. The number of nitrogens with one attached hydrogen (secondary N) is 2. The molecular weight excluding hydrogens is 422 g/mol. The zero-order chi connectivity index (χ0) is 23.1. The fourth-order valence-corrected chi connectivity index (χ4v) is 4.31. The summed E-state index contributed by atoms with van der Waals surface area (Å²) >= 11 is 0. The van der Waals surface area contributed by atoms with Crippen molar-refractivity contribution in [3.8, 4) is 6.07 Å². The van der Waals surface area contributed by atoms with Crippen molar-refractivity contribution < 1.29 is 13.2 Å². The molecule has 0 spiro atoms. The second-order valence-corrected chi connectivity index (χ2v) is 9.26. The number of hydrogen-bond donors (Lipinski definition) is 2. The van der Waals surface area contributed by atoms with E-state index in [0.29, 0.717) is 5.56 Å². The molecule has 0 saturated carbocycles. The van der Waals surface area contributed by atoms with Crippen LogP contribution in [-0.4, -0.2) is 20.9 Å². The molecule has 0 aliphatic rings. The molecule has 3 rings (SSSR count). The minimum atomic E-state index is -3.73. The first-order valence-electron chi connectivity index (χ1n) is 10.2. The van der Waals surface area contributed by atoms with Crippen molar-refractivity contribution in [2.75, 3.05) is 6.54 Å². The maximum absolute atomic E-state index is 13.0. The molecule has 6 nitrogen and oxygen atoms in total. The van der Waals surface area contributed by atoms with Crippen LogP contribution in [0, 0.1) is 25.2 Å². The molecule has 1 amide bonds. The predicted octanol–water partition coefficient (Wildman–Crippen LogP) is 4.01. The fourth-order valence-electron chi connectivity index (χ4n) is 3.27. The van der Waals surface area contributed by atoms with Gasteiger partial charge in [-0.15, -0.1) is 0 Å². The Morgan fingerprint density at radius 3 is 2.25 bits per heavy atom. The third-order valence-electron chi connectivity index (χ3n) is 5.23. The maximum atomic E-state index is 13.0. The van der Waals surface area contributed by atoms with Gasteiger partial charge in [-0.1, -0.05) is 48.5 Å². The van der Waals surface area contributed by atoms with Crippen LogP contribution in [0.1, 0.15) is 45.1 Å². The zero-order valence-electron chi connectivity index (χ0n) is 18.0. The largest absolute Gasteiger partial charge is 0.341 e. The van der Waals surface area contributed by atoms with E-state index >= 15 is 0 Å². The van der Waals surface area contributed by atoms with Gasteiger partial charge in [0, 0.05) is 18.5 Å². The number of nitriles is 1. The Bertz CT molecular complexity index is 1230. The highest BCUT2D eigenvalue weighted by atomic mass is 32.2. The normalized spacial score (nSPS) is 12.0. The third-order valence-corrected chi connectivity index (χ3v) is 6.71. The first-order chi connectivity index (χ1) is 15.3. The lowest BCUT2D eigenvalue weighted by atomic mass is 9.95. The van der Waals surface area contributed by atoms with Crippen molar-refractivity contribution in [1.82, 2.24) is 10.0 Å². The van der Waals surface area contributed by atoms with Gasteiger partial charge in [0.05, 0.1) is 17.0 Å². The second kappa shape index (κ2) is 10.2. The Balaban J connectivity index is 1.83. The summed E-state index contributed by atoms with van der Waals surface area (Å²) in [6, 6.07) is 23.1. The number of amides is 1. The third kappa shape index (κ3) is 5.61. The number of hydrogen-bond acceptors (Lipinski definition) is 4. The molecule has 0 saturated heterocycles. The molecule has 1 atom stereocenters. The van der Waals surface area contributed by atoms with Crippen LogP contribution in [0.25, 0.3) is 0 Å². The van der Waals surface area contributed by atoms with E-state index in [0.717, 1.165) is 16.7 Å². The molecule has 0 unspecified atom stereocenters. The van der Waals surface area contributed by atoms with Gasteiger partial charge >= 0.3 is 0 Å². The van der Waals surface area contributed by atoms with Gasteiger partial charge in [-0.2, -0.15) is 5.26 Å². The quantitative estimate of drug-likeness (QED) is 0.510. The Kier molecular flexibility index (Phi) is 7.41. The molecule has 0 bridgehead atoms. The van der Waals surface area contributed by atoms with Gasteiger partial charge in [0.25, 0.3) is 5.91 Å². The molecule has 0 radical (unpaired) electrons. The van der Waals surface area contributed by atoms with Crippen LogP contribution in [0.3, 0.4) is 0 Å². The monoisotopic (exact) mass is 447 g/mol. The number of carbonyl (C=O) groups excluding carboxylic acids is 1. The number of aryl methyl sites for hydroxylation is 2. The lowest BCUT2D eigenvalue weighted by Crippen LogP contribution is -2.29. The SMILES string of the molecule is Cc1ccc([C@H](NC(=O)c2ccc(S(=O)(=O)NCCC#N)cc2)c2ccccc2)cc1C. The second-order valence-electron chi connectivity index (χ2n) is 7.49. The topological polar surface area (TPSA) is 99.1 Å². The van der Waals surface area contributed by atoms with Crippen LogP contribution in [0.15, 0.2) is 77.7 Å². The zero-order valence-corrected chi connectivity index (χ0v) is 18.8. The first-order valence-corrected chi connectivity index (χ1v) is 11.7. The molecule has 32 heavy (non-hydrogen) atoms. The van der Waals surface area contributed by atoms with E-state index in [1.165, 1.54) is 29.8 Å². The van der Waals surface area contributed by atoms with Crippen LogP contribution < -0.4 is 10.0 Å². The van der Waals surface area contributed by atoms with Gasteiger partial charge in [-0.25, -0.2) is 13.1 Å². The molecule has 0 aliphatic heterocycles. The van der Waals surface area contributed by atoms with E-state index in [1.807, 2.05) is 62.4 Å². The van der Waals surface area contributed by atoms with Crippen LogP contribution in [-0.2, 0) is 10.0 Å².